The van der Waals surface area contributed by atoms with Gasteiger partial charge >= 0.3 is 0 Å². The minimum atomic E-state index is -1.34. The third-order valence-corrected chi connectivity index (χ3v) is 5.29. The molecule has 27 heavy (non-hydrogen) atoms. The molecular weight excluding hydrogens is 390 g/mol. The summed E-state index contributed by atoms with van der Waals surface area (Å²) in [6.45, 7) is 3.39. The number of carboxylic acid groups (broad SMARTS) is 1. The van der Waals surface area contributed by atoms with Gasteiger partial charge in [0.1, 0.15) is 4.32 Å². The summed E-state index contributed by atoms with van der Waals surface area (Å²) in [5, 5.41) is 11.5. The summed E-state index contributed by atoms with van der Waals surface area (Å²) in [4.78, 5) is 25.7. The maximum Gasteiger partial charge on any atom is 0.266 e. The minimum Gasteiger partial charge on any atom is -0.548 e. The van der Waals surface area contributed by atoms with Crippen LogP contribution < -0.4 is 19.3 Å². The van der Waals surface area contributed by atoms with Gasteiger partial charge in [-0.25, -0.2) is 0 Å². The quantitative estimate of drug-likeness (QED) is 0.496. The molecule has 0 spiro atoms. The van der Waals surface area contributed by atoms with Crippen molar-refractivity contribution in [3.63, 3.8) is 0 Å². The molecule has 1 fully saturated rings. The van der Waals surface area contributed by atoms with Gasteiger partial charge < -0.3 is 24.1 Å². The highest BCUT2D eigenvalue weighted by Gasteiger charge is 2.39. The van der Waals surface area contributed by atoms with Gasteiger partial charge in [-0.15, -0.1) is 0 Å². The van der Waals surface area contributed by atoms with E-state index in [1.54, 1.807) is 32.1 Å². The molecule has 7 nitrogen and oxygen atoms in total. The van der Waals surface area contributed by atoms with Crippen LogP contribution in [0.3, 0.4) is 0 Å². The normalized spacial score (nSPS) is 16.8. The van der Waals surface area contributed by atoms with E-state index in [1.165, 1.54) is 21.3 Å². The molecule has 1 aromatic carbocycles. The number of nitrogens with zero attached hydrogens (tertiary/aromatic N) is 1. The van der Waals surface area contributed by atoms with Crippen LogP contribution in [0.5, 0.6) is 17.2 Å². The lowest BCUT2D eigenvalue weighted by atomic mass is 10.0. The number of carbonyl (C=O) groups excluding carboxylic acids is 2. The predicted molar refractivity (Wildman–Crippen MR) is 105 cm³/mol. The Kier molecular flexibility index (Phi) is 6.72. The summed E-state index contributed by atoms with van der Waals surface area (Å²) < 4.78 is 16.1. The maximum absolute atomic E-state index is 12.8. The fourth-order valence-electron chi connectivity index (χ4n) is 2.73. The van der Waals surface area contributed by atoms with Gasteiger partial charge in [-0.1, -0.05) is 37.8 Å². The van der Waals surface area contributed by atoms with Gasteiger partial charge in [0.25, 0.3) is 5.91 Å². The lowest BCUT2D eigenvalue weighted by Crippen LogP contribution is -2.52. The van der Waals surface area contributed by atoms with E-state index in [2.05, 4.69) is 0 Å². The number of aliphatic carboxylic acids is 1. The first kappa shape index (κ1) is 21.0. The maximum atomic E-state index is 12.8. The Morgan fingerprint density at radius 1 is 1.19 bits per heavy atom. The first-order valence-electron chi connectivity index (χ1n) is 8.03. The van der Waals surface area contributed by atoms with Crippen molar-refractivity contribution in [2.24, 2.45) is 5.92 Å². The predicted octanol–water partition coefficient (Wildman–Crippen LogP) is 1.69. The highest BCUT2D eigenvalue weighted by Crippen LogP contribution is 2.40. The van der Waals surface area contributed by atoms with Gasteiger partial charge in [0, 0.05) is 0 Å². The number of thioether (sulfide) groups is 1. The van der Waals surface area contributed by atoms with E-state index in [4.69, 9.17) is 26.4 Å². The molecule has 1 atom stereocenters. The second-order valence-electron chi connectivity index (χ2n) is 6.02. The molecule has 1 aromatic rings. The van der Waals surface area contributed by atoms with E-state index >= 15 is 0 Å². The molecule has 0 unspecified atom stereocenters. The average molecular weight is 410 g/mol. The van der Waals surface area contributed by atoms with Crippen molar-refractivity contribution in [3.05, 3.63) is 22.6 Å². The minimum absolute atomic E-state index is 0.182. The van der Waals surface area contributed by atoms with Crippen molar-refractivity contribution in [1.29, 1.82) is 0 Å². The van der Waals surface area contributed by atoms with Gasteiger partial charge in [0.15, 0.2) is 11.5 Å². The molecule has 1 amide bonds. The van der Waals surface area contributed by atoms with Crippen LogP contribution in [-0.4, -0.2) is 48.5 Å². The Balaban J connectivity index is 2.45. The third-order valence-electron chi connectivity index (χ3n) is 3.96. The zero-order valence-corrected chi connectivity index (χ0v) is 17.2. The Hall–Kier alpha value is -2.26. The van der Waals surface area contributed by atoms with Crippen molar-refractivity contribution in [2.45, 2.75) is 19.9 Å². The molecule has 0 aliphatic carbocycles. The molecule has 1 heterocycles. The zero-order valence-electron chi connectivity index (χ0n) is 15.6. The third kappa shape index (κ3) is 4.19. The van der Waals surface area contributed by atoms with Crippen LogP contribution in [0.25, 0.3) is 6.08 Å². The van der Waals surface area contributed by atoms with E-state index in [9.17, 15) is 14.7 Å². The van der Waals surface area contributed by atoms with Crippen LogP contribution in [0.1, 0.15) is 19.4 Å². The smallest absolute Gasteiger partial charge is 0.266 e. The number of amides is 1. The summed E-state index contributed by atoms with van der Waals surface area (Å²) in [5.74, 6) is -0.849. The van der Waals surface area contributed by atoms with Gasteiger partial charge in [-0.3, -0.25) is 9.69 Å². The SMILES string of the molecule is COc1cc(/C=C2/SC(=S)N([C@H](C(=O)[O-])C(C)C)C2=O)cc(OC)c1OC. The first-order chi connectivity index (χ1) is 12.7. The first-order valence-corrected chi connectivity index (χ1v) is 9.25. The number of rotatable bonds is 7. The number of ether oxygens (including phenoxy) is 3. The van der Waals surface area contributed by atoms with E-state index in [-0.39, 0.29) is 10.2 Å². The van der Waals surface area contributed by atoms with Crippen LogP contribution in [-0.2, 0) is 9.59 Å². The second kappa shape index (κ2) is 8.62. The van der Waals surface area contributed by atoms with Crippen LogP contribution >= 0.6 is 24.0 Å². The van der Waals surface area contributed by atoms with Crippen LogP contribution in [0.4, 0.5) is 0 Å². The molecule has 0 bridgehead atoms. The Bertz CT molecular complexity index is 780. The second-order valence-corrected chi connectivity index (χ2v) is 7.69. The molecule has 9 heteroatoms. The Labute approximate surface area is 167 Å². The van der Waals surface area contributed by atoms with Gasteiger partial charge in [0.2, 0.25) is 5.75 Å². The number of benzene rings is 1. The highest BCUT2D eigenvalue weighted by atomic mass is 32.2. The molecule has 0 radical (unpaired) electrons. The molecule has 2 rings (SSSR count). The van der Waals surface area contributed by atoms with Gasteiger partial charge in [-0.05, 0) is 29.7 Å². The molecule has 0 saturated carbocycles. The number of hydrogen-bond donors (Lipinski definition) is 0. The van der Waals surface area contributed by atoms with Crippen molar-refractivity contribution in [1.82, 2.24) is 4.90 Å². The average Bonchev–Trinajstić information content (AvgIpc) is 2.88. The fraction of sp³-hybridized carbons (Fsp3) is 0.389. The molecular formula is C18H20NO6S2-. The highest BCUT2D eigenvalue weighted by molar-refractivity contribution is 8.26. The van der Waals surface area contributed by atoms with Gasteiger partial charge in [0.05, 0.1) is 38.2 Å². The number of hydrogen-bond acceptors (Lipinski definition) is 8. The lowest BCUT2D eigenvalue weighted by Gasteiger charge is -2.30. The number of carboxylic acids is 1. The molecule has 146 valence electrons. The largest absolute Gasteiger partial charge is 0.548 e. The summed E-state index contributed by atoms with van der Waals surface area (Å²) >= 11 is 6.27. The van der Waals surface area contributed by atoms with Gasteiger partial charge in [-0.2, -0.15) is 0 Å². The standard InChI is InChI=1S/C18H21NO6S2/c1-9(2)14(17(21)22)19-16(20)13(27-18(19)26)8-10-6-11(23-3)15(25-5)12(7-10)24-4/h6-9,14H,1-5H3,(H,21,22)/p-1/b13-8+/t14-/m0/s1. The fourth-order valence-corrected chi connectivity index (χ4v) is 4.06. The zero-order chi connectivity index (χ0) is 20.3. The van der Waals surface area contributed by atoms with E-state index in [0.717, 1.165) is 16.7 Å². The Morgan fingerprint density at radius 2 is 1.74 bits per heavy atom. The van der Waals surface area contributed by atoms with E-state index < -0.39 is 17.9 Å². The lowest BCUT2D eigenvalue weighted by molar-refractivity contribution is -0.311. The van der Waals surface area contributed by atoms with Crippen molar-refractivity contribution < 1.29 is 28.9 Å². The molecule has 0 aromatic heterocycles. The summed E-state index contributed by atoms with van der Waals surface area (Å²) in [7, 11) is 4.48. The summed E-state index contributed by atoms with van der Waals surface area (Å²) in [6, 6.07) is 2.25. The molecule has 1 aliphatic heterocycles. The summed E-state index contributed by atoms with van der Waals surface area (Å²) in [6.07, 6.45) is 1.61. The molecule has 0 N–H and O–H groups in total. The van der Waals surface area contributed by atoms with Crippen molar-refractivity contribution in [3.8, 4) is 17.2 Å². The number of carbonyl (C=O) groups is 2. The number of thiocarbonyl (C=S) groups is 1. The Morgan fingerprint density at radius 3 is 2.15 bits per heavy atom. The van der Waals surface area contributed by atoms with E-state index in [1.807, 2.05) is 0 Å². The monoisotopic (exact) mass is 410 g/mol. The van der Waals surface area contributed by atoms with E-state index in [0.29, 0.717) is 27.7 Å². The molecule has 1 saturated heterocycles. The molecule has 1 aliphatic rings. The van der Waals surface area contributed by atoms with Crippen LogP contribution in [0, 0.1) is 5.92 Å². The van der Waals surface area contributed by atoms with Crippen LogP contribution in [0.2, 0.25) is 0 Å². The van der Waals surface area contributed by atoms with Crippen LogP contribution in [0.15, 0.2) is 17.0 Å². The van der Waals surface area contributed by atoms with Crippen molar-refractivity contribution >= 4 is 46.3 Å². The van der Waals surface area contributed by atoms with Crippen molar-refractivity contribution in [2.75, 3.05) is 21.3 Å². The summed E-state index contributed by atoms with van der Waals surface area (Å²) in [5.41, 5.74) is 0.625. The number of methoxy groups -OCH3 is 3. The topological polar surface area (TPSA) is 88.1 Å².